The van der Waals surface area contributed by atoms with Gasteiger partial charge in [-0.1, -0.05) is 48.5 Å². The Morgan fingerprint density at radius 1 is 1.00 bits per heavy atom. The predicted octanol–water partition coefficient (Wildman–Crippen LogP) is 3.99. The monoisotopic (exact) mass is 305 g/mol. The number of aliphatic imine (C=N–C) groups is 1. The van der Waals surface area contributed by atoms with E-state index in [9.17, 15) is 0 Å². The summed E-state index contributed by atoms with van der Waals surface area (Å²) in [5.74, 6) is 0. The third kappa shape index (κ3) is 5.15. The van der Waals surface area contributed by atoms with Gasteiger partial charge in [0.1, 0.15) is 0 Å². The van der Waals surface area contributed by atoms with Gasteiger partial charge in [-0.3, -0.25) is 4.99 Å². The van der Waals surface area contributed by atoms with Crippen molar-refractivity contribution in [2.75, 3.05) is 0 Å². The van der Waals surface area contributed by atoms with E-state index in [4.69, 9.17) is 11.5 Å². The zero-order chi connectivity index (χ0) is 16.8. The molecule has 2 aromatic carbocycles. The van der Waals surface area contributed by atoms with Crippen molar-refractivity contribution in [3.05, 3.63) is 89.3 Å². The minimum absolute atomic E-state index is 0.355. The van der Waals surface area contributed by atoms with Crippen LogP contribution in [0.3, 0.4) is 0 Å². The van der Waals surface area contributed by atoms with E-state index in [1.807, 2.05) is 19.1 Å². The fourth-order valence-corrected chi connectivity index (χ4v) is 2.18. The van der Waals surface area contributed by atoms with Gasteiger partial charge in [-0.15, -0.1) is 0 Å². The van der Waals surface area contributed by atoms with Crippen LogP contribution in [-0.4, -0.2) is 5.71 Å². The molecule has 23 heavy (non-hydrogen) atoms. The van der Waals surface area contributed by atoms with E-state index >= 15 is 0 Å². The van der Waals surface area contributed by atoms with Crippen molar-refractivity contribution in [3.8, 4) is 0 Å². The summed E-state index contributed by atoms with van der Waals surface area (Å²) >= 11 is 0. The molecule has 0 saturated carbocycles. The van der Waals surface area contributed by atoms with E-state index in [-0.39, 0.29) is 0 Å². The van der Waals surface area contributed by atoms with Crippen LogP contribution in [0.1, 0.15) is 23.6 Å². The van der Waals surface area contributed by atoms with Gasteiger partial charge >= 0.3 is 0 Å². The molecule has 118 valence electrons. The van der Waals surface area contributed by atoms with E-state index in [0.29, 0.717) is 11.4 Å². The second kappa shape index (κ2) is 7.45. The highest BCUT2D eigenvalue weighted by atomic mass is 14.7. The van der Waals surface area contributed by atoms with Crippen LogP contribution < -0.4 is 11.5 Å². The molecule has 0 bridgehead atoms. The zero-order valence-electron chi connectivity index (χ0n) is 13.7. The molecule has 4 N–H and O–H groups in total. The molecule has 0 heterocycles. The molecule has 0 radical (unpaired) electrons. The summed E-state index contributed by atoms with van der Waals surface area (Å²) in [5, 5.41) is 0. The number of hydrogen-bond acceptors (Lipinski definition) is 3. The zero-order valence-corrected chi connectivity index (χ0v) is 13.7. The van der Waals surface area contributed by atoms with Crippen LogP contribution in [0.25, 0.3) is 0 Å². The first-order valence-electron chi connectivity index (χ1n) is 7.56. The van der Waals surface area contributed by atoms with Crippen LogP contribution in [0.5, 0.6) is 0 Å². The quantitative estimate of drug-likeness (QED) is 0.648. The number of allylic oxidation sites excluding steroid dienone is 1. The Balaban J connectivity index is 2.08. The van der Waals surface area contributed by atoms with Gasteiger partial charge in [-0.05, 0) is 49.6 Å². The van der Waals surface area contributed by atoms with Gasteiger partial charge in [0.15, 0.2) is 0 Å². The molecular formula is C20H23N3. The molecular weight excluding hydrogens is 282 g/mol. The van der Waals surface area contributed by atoms with Gasteiger partial charge in [0.25, 0.3) is 0 Å². The van der Waals surface area contributed by atoms with Crippen molar-refractivity contribution >= 4 is 11.4 Å². The normalized spacial score (nSPS) is 12.3. The standard InChI is InChI=1S/C20H23N3/c1-14-4-6-17(7-5-14)13-18-8-10-19(11-9-18)23-15(2)12-20(22)16(3)21/h4-12H,3,13,21-22H2,1-2H3. The highest BCUT2D eigenvalue weighted by molar-refractivity contribution is 5.95. The Hall–Kier alpha value is -2.81. The molecule has 0 aromatic heterocycles. The van der Waals surface area contributed by atoms with E-state index < -0.39 is 0 Å². The van der Waals surface area contributed by atoms with Gasteiger partial charge in [0.2, 0.25) is 0 Å². The second-order valence-electron chi connectivity index (χ2n) is 5.71. The molecule has 3 heteroatoms. The summed E-state index contributed by atoms with van der Waals surface area (Å²) in [7, 11) is 0. The van der Waals surface area contributed by atoms with Gasteiger partial charge in [-0.2, -0.15) is 0 Å². The van der Waals surface area contributed by atoms with Crippen LogP contribution in [0.4, 0.5) is 5.69 Å². The third-order valence-corrected chi connectivity index (χ3v) is 3.51. The number of nitrogens with zero attached hydrogens (tertiary/aromatic N) is 1. The Morgan fingerprint density at radius 2 is 1.52 bits per heavy atom. The molecule has 0 aliphatic heterocycles. The third-order valence-electron chi connectivity index (χ3n) is 3.51. The van der Waals surface area contributed by atoms with Gasteiger partial charge in [0, 0.05) is 11.4 Å². The van der Waals surface area contributed by atoms with Crippen molar-refractivity contribution in [3.63, 3.8) is 0 Å². The van der Waals surface area contributed by atoms with Crippen LogP contribution in [-0.2, 0) is 6.42 Å². The number of hydrogen-bond donors (Lipinski definition) is 2. The first-order chi connectivity index (χ1) is 10.9. The van der Waals surface area contributed by atoms with Gasteiger partial charge < -0.3 is 11.5 Å². The fraction of sp³-hybridized carbons (Fsp3) is 0.150. The molecule has 0 saturated heterocycles. The number of aryl methyl sites for hydroxylation is 1. The molecule has 0 fully saturated rings. The lowest BCUT2D eigenvalue weighted by Crippen LogP contribution is -2.09. The first-order valence-corrected chi connectivity index (χ1v) is 7.56. The highest BCUT2D eigenvalue weighted by Crippen LogP contribution is 2.17. The topological polar surface area (TPSA) is 64.4 Å². The molecule has 2 aromatic rings. The SMILES string of the molecule is C=C(N)C(N)=CC(C)=Nc1ccc(Cc2ccc(C)cc2)cc1. The summed E-state index contributed by atoms with van der Waals surface area (Å²) in [4.78, 5) is 4.50. The van der Waals surface area contributed by atoms with Crippen LogP contribution in [0, 0.1) is 6.92 Å². The van der Waals surface area contributed by atoms with Crippen molar-refractivity contribution in [2.45, 2.75) is 20.3 Å². The first kappa shape index (κ1) is 16.6. The molecule has 0 atom stereocenters. The Kier molecular flexibility index (Phi) is 5.36. The minimum Gasteiger partial charge on any atom is -0.398 e. The molecule has 3 nitrogen and oxygen atoms in total. The van der Waals surface area contributed by atoms with E-state index in [2.05, 4.69) is 54.9 Å². The maximum Gasteiger partial charge on any atom is 0.0633 e. The summed E-state index contributed by atoms with van der Waals surface area (Å²) in [6.45, 7) is 7.58. The summed E-state index contributed by atoms with van der Waals surface area (Å²) < 4.78 is 0. The number of benzene rings is 2. The molecule has 0 spiro atoms. The highest BCUT2D eigenvalue weighted by Gasteiger charge is 1.98. The van der Waals surface area contributed by atoms with Crippen molar-refractivity contribution in [1.82, 2.24) is 0 Å². The molecule has 0 aliphatic rings. The lowest BCUT2D eigenvalue weighted by Gasteiger charge is -2.04. The van der Waals surface area contributed by atoms with Crippen LogP contribution >= 0.6 is 0 Å². The number of rotatable bonds is 5. The smallest absolute Gasteiger partial charge is 0.0633 e. The minimum atomic E-state index is 0.355. The Morgan fingerprint density at radius 3 is 2.04 bits per heavy atom. The number of nitrogens with two attached hydrogens (primary N) is 2. The lowest BCUT2D eigenvalue weighted by atomic mass is 10.0. The van der Waals surface area contributed by atoms with E-state index in [1.54, 1.807) is 6.08 Å². The largest absolute Gasteiger partial charge is 0.398 e. The second-order valence-corrected chi connectivity index (χ2v) is 5.71. The average Bonchev–Trinajstić information content (AvgIpc) is 2.51. The van der Waals surface area contributed by atoms with Crippen molar-refractivity contribution in [2.24, 2.45) is 16.5 Å². The summed E-state index contributed by atoms with van der Waals surface area (Å²) in [6, 6.07) is 16.8. The average molecular weight is 305 g/mol. The van der Waals surface area contributed by atoms with Crippen molar-refractivity contribution < 1.29 is 0 Å². The van der Waals surface area contributed by atoms with E-state index in [1.165, 1.54) is 16.7 Å². The van der Waals surface area contributed by atoms with Crippen LogP contribution in [0.15, 0.2) is 77.6 Å². The van der Waals surface area contributed by atoms with Gasteiger partial charge in [0.05, 0.1) is 11.4 Å². The van der Waals surface area contributed by atoms with E-state index in [0.717, 1.165) is 17.8 Å². The maximum absolute atomic E-state index is 5.75. The summed E-state index contributed by atoms with van der Waals surface area (Å²) in [5.41, 5.74) is 17.6. The maximum atomic E-state index is 5.75. The summed E-state index contributed by atoms with van der Waals surface area (Å²) in [6.07, 6.45) is 2.64. The van der Waals surface area contributed by atoms with Crippen molar-refractivity contribution in [1.29, 1.82) is 0 Å². The molecule has 0 unspecified atom stereocenters. The Bertz CT molecular complexity index is 735. The fourth-order valence-electron chi connectivity index (χ4n) is 2.18. The van der Waals surface area contributed by atoms with Crippen LogP contribution in [0.2, 0.25) is 0 Å². The lowest BCUT2D eigenvalue weighted by molar-refractivity contribution is 1.18. The molecule has 2 rings (SSSR count). The van der Waals surface area contributed by atoms with Gasteiger partial charge in [-0.25, -0.2) is 0 Å². The molecule has 0 amide bonds. The predicted molar refractivity (Wildman–Crippen MR) is 98.8 cm³/mol. The Labute approximate surface area is 138 Å². The molecule has 0 aliphatic carbocycles.